The van der Waals surface area contributed by atoms with Gasteiger partial charge in [0.1, 0.15) is 12.2 Å². The molecule has 1 aromatic carbocycles. The monoisotopic (exact) mass is 463 g/mol. The number of benzene rings is 1. The van der Waals surface area contributed by atoms with Crippen LogP contribution in [0.3, 0.4) is 0 Å². The largest absolute Gasteiger partial charge is 0.485 e. The molecule has 0 bridgehead atoms. The lowest BCUT2D eigenvalue weighted by atomic mass is 10.1. The third-order valence-electron chi connectivity index (χ3n) is 5.27. The smallest absolute Gasteiger partial charge is 0.185 e. The zero-order valence-corrected chi connectivity index (χ0v) is 20.0. The molecule has 0 unspecified atom stereocenters. The second-order valence-corrected chi connectivity index (χ2v) is 9.71. The third kappa shape index (κ3) is 6.23. The summed E-state index contributed by atoms with van der Waals surface area (Å²) in [5, 5.41) is 10.8. The van der Waals surface area contributed by atoms with E-state index in [9.17, 15) is 5.11 Å². The van der Waals surface area contributed by atoms with Gasteiger partial charge in [-0.2, -0.15) is 0 Å². The number of nitrogen functional groups attached to an aromatic ring is 1. The number of pyridine rings is 1. The number of thiazole rings is 1. The zero-order valence-electron chi connectivity index (χ0n) is 19.2. The molecular formula is C25H29N5O2S. The molecule has 8 heteroatoms. The van der Waals surface area contributed by atoms with Crippen molar-refractivity contribution in [1.82, 2.24) is 14.9 Å². The first-order valence-electron chi connectivity index (χ1n) is 10.9. The van der Waals surface area contributed by atoms with E-state index in [0.29, 0.717) is 18.2 Å². The average molecular weight is 464 g/mol. The molecule has 1 fully saturated rings. The fourth-order valence-electron chi connectivity index (χ4n) is 3.37. The Morgan fingerprint density at radius 1 is 1.15 bits per heavy atom. The molecule has 4 rings (SSSR count). The van der Waals surface area contributed by atoms with Crippen LogP contribution in [0.2, 0.25) is 0 Å². The molecule has 3 N–H and O–H groups in total. The van der Waals surface area contributed by atoms with Crippen LogP contribution in [0.4, 0.5) is 10.9 Å². The van der Waals surface area contributed by atoms with Crippen LogP contribution in [0.1, 0.15) is 25.0 Å². The van der Waals surface area contributed by atoms with Crippen molar-refractivity contribution >= 4 is 22.3 Å². The van der Waals surface area contributed by atoms with E-state index in [0.717, 1.165) is 52.9 Å². The summed E-state index contributed by atoms with van der Waals surface area (Å²) >= 11 is 1.66. The lowest BCUT2D eigenvalue weighted by molar-refractivity contribution is 0.143. The number of aliphatic hydroxyl groups is 1. The van der Waals surface area contributed by atoms with Crippen molar-refractivity contribution in [2.75, 3.05) is 43.9 Å². The molecule has 1 saturated heterocycles. The van der Waals surface area contributed by atoms with E-state index in [4.69, 9.17) is 10.5 Å². The average Bonchev–Trinajstić information content (AvgIpc) is 3.28. The van der Waals surface area contributed by atoms with Crippen molar-refractivity contribution in [2.24, 2.45) is 0 Å². The van der Waals surface area contributed by atoms with Crippen molar-refractivity contribution < 1.29 is 9.84 Å². The van der Waals surface area contributed by atoms with E-state index in [-0.39, 0.29) is 0 Å². The molecule has 2 aromatic heterocycles. The van der Waals surface area contributed by atoms with E-state index in [1.54, 1.807) is 31.4 Å². The maximum absolute atomic E-state index is 9.81. The van der Waals surface area contributed by atoms with Crippen LogP contribution < -0.4 is 15.4 Å². The van der Waals surface area contributed by atoms with Crippen LogP contribution in [-0.2, 0) is 6.61 Å². The van der Waals surface area contributed by atoms with Gasteiger partial charge in [0, 0.05) is 49.7 Å². The van der Waals surface area contributed by atoms with Gasteiger partial charge in [-0.25, -0.2) is 9.97 Å². The summed E-state index contributed by atoms with van der Waals surface area (Å²) in [6.45, 7) is 7.71. The first-order valence-corrected chi connectivity index (χ1v) is 11.7. The predicted molar refractivity (Wildman–Crippen MR) is 133 cm³/mol. The number of piperazine rings is 1. The van der Waals surface area contributed by atoms with Gasteiger partial charge in [0.05, 0.1) is 4.88 Å². The molecular weight excluding hydrogens is 434 g/mol. The third-order valence-corrected chi connectivity index (χ3v) is 6.37. The molecule has 33 heavy (non-hydrogen) atoms. The van der Waals surface area contributed by atoms with Gasteiger partial charge in [0.2, 0.25) is 0 Å². The first-order chi connectivity index (χ1) is 15.8. The standard InChI is InChI=1S/C25H29N5O2S/c1-25(2,31)8-7-18-5-4-6-19(13-18)17-32-21-14-20(15-27-23(21)26)22-16-28-24(33-22)30-11-9-29(3)10-12-30/h4-6,13-16,31H,9-12,17H2,1-3H3,(H2,26,27). The van der Waals surface area contributed by atoms with E-state index >= 15 is 0 Å². The Kier molecular flexibility index (Phi) is 6.84. The molecule has 0 saturated carbocycles. The van der Waals surface area contributed by atoms with Crippen LogP contribution in [0.15, 0.2) is 42.7 Å². The van der Waals surface area contributed by atoms with Gasteiger partial charge < -0.3 is 25.4 Å². The van der Waals surface area contributed by atoms with Crippen molar-refractivity contribution in [2.45, 2.75) is 26.1 Å². The summed E-state index contributed by atoms with van der Waals surface area (Å²) in [7, 11) is 2.14. The van der Waals surface area contributed by atoms with Crippen LogP contribution in [0, 0.1) is 11.8 Å². The van der Waals surface area contributed by atoms with E-state index in [1.807, 2.05) is 36.5 Å². The lowest BCUT2D eigenvalue weighted by Gasteiger charge is -2.32. The fourth-order valence-corrected chi connectivity index (χ4v) is 4.32. The number of aromatic nitrogens is 2. The Labute approximate surface area is 198 Å². The van der Waals surface area contributed by atoms with E-state index in [1.165, 1.54) is 0 Å². The quantitative estimate of drug-likeness (QED) is 0.562. The zero-order chi connectivity index (χ0) is 23.4. The highest BCUT2D eigenvalue weighted by molar-refractivity contribution is 7.18. The molecule has 3 heterocycles. The summed E-state index contributed by atoms with van der Waals surface area (Å²) in [4.78, 5) is 14.6. The topological polar surface area (TPSA) is 87.7 Å². The Balaban J connectivity index is 1.46. The van der Waals surface area contributed by atoms with Crippen LogP contribution >= 0.6 is 11.3 Å². The highest BCUT2D eigenvalue weighted by atomic mass is 32.1. The lowest BCUT2D eigenvalue weighted by Crippen LogP contribution is -2.44. The molecule has 0 amide bonds. The first kappa shape index (κ1) is 23.1. The second kappa shape index (κ2) is 9.79. The molecule has 172 valence electrons. The van der Waals surface area contributed by atoms with Crippen LogP contribution in [0.25, 0.3) is 10.4 Å². The number of hydrogen-bond donors (Lipinski definition) is 2. The number of likely N-dealkylation sites (N-methyl/N-ethyl adjacent to an activating group) is 1. The predicted octanol–water partition coefficient (Wildman–Crippen LogP) is 3.24. The molecule has 1 aliphatic heterocycles. The molecule has 0 radical (unpaired) electrons. The summed E-state index contributed by atoms with van der Waals surface area (Å²) < 4.78 is 6.00. The molecule has 1 aliphatic rings. The Hall–Kier alpha value is -3.12. The van der Waals surface area contributed by atoms with Gasteiger partial charge in [-0.05, 0) is 44.7 Å². The van der Waals surface area contributed by atoms with Crippen LogP contribution in [-0.4, -0.2) is 58.8 Å². The van der Waals surface area contributed by atoms with Crippen molar-refractivity contribution in [1.29, 1.82) is 0 Å². The normalized spacial score (nSPS) is 14.6. The van der Waals surface area contributed by atoms with Crippen LogP contribution in [0.5, 0.6) is 5.75 Å². The Morgan fingerprint density at radius 2 is 1.94 bits per heavy atom. The number of ether oxygens (including phenoxy) is 1. The molecule has 3 aromatic rings. The number of nitrogens with zero attached hydrogens (tertiary/aromatic N) is 4. The minimum absolute atomic E-state index is 0.336. The molecule has 7 nitrogen and oxygen atoms in total. The SMILES string of the molecule is CN1CCN(c2ncc(-c3cnc(N)c(OCc4cccc(C#CC(C)(C)O)c4)c3)s2)CC1. The second-order valence-electron chi connectivity index (χ2n) is 8.70. The summed E-state index contributed by atoms with van der Waals surface area (Å²) in [5.41, 5.74) is 7.75. The number of anilines is 2. The molecule has 0 atom stereocenters. The summed E-state index contributed by atoms with van der Waals surface area (Å²) in [6, 6.07) is 9.65. The minimum Gasteiger partial charge on any atom is -0.485 e. The highest BCUT2D eigenvalue weighted by Crippen LogP contribution is 2.34. The Morgan fingerprint density at radius 3 is 2.70 bits per heavy atom. The molecule has 0 spiro atoms. The summed E-state index contributed by atoms with van der Waals surface area (Å²) in [6.07, 6.45) is 3.65. The Bertz CT molecular complexity index is 1170. The number of rotatable bonds is 5. The summed E-state index contributed by atoms with van der Waals surface area (Å²) in [5.74, 6) is 6.70. The van der Waals surface area contributed by atoms with Gasteiger partial charge >= 0.3 is 0 Å². The van der Waals surface area contributed by atoms with Crippen molar-refractivity contribution in [3.63, 3.8) is 0 Å². The van der Waals surface area contributed by atoms with E-state index in [2.05, 4.69) is 38.7 Å². The van der Waals surface area contributed by atoms with Crippen molar-refractivity contribution in [3.05, 3.63) is 53.9 Å². The molecule has 0 aliphatic carbocycles. The van der Waals surface area contributed by atoms with Gasteiger partial charge in [-0.15, -0.1) is 0 Å². The maximum atomic E-state index is 9.81. The number of nitrogens with two attached hydrogens (primary N) is 1. The van der Waals surface area contributed by atoms with E-state index < -0.39 is 5.60 Å². The van der Waals surface area contributed by atoms with Crippen molar-refractivity contribution in [3.8, 4) is 28.0 Å². The highest BCUT2D eigenvalue weighted by Gasteiger charge is 2.18. The minimum atomic E-state index is -1.03. The van der Waals surface area contributed by atoms with Gasteiger partial charge in [0.15, 0.2) is 16.7 Å². The maximum Gasteiger partial charge on any atom is 0.185 e. The van der Waals surface area contributed by atoms with Gasteiger partial charge in [0.25, 0.3) is 0 Å². The van der Waals surface area contributed by atoms with Gasteiger partial charge in [-0.1, -0.05) is 35.3 Å². The number of hydrogen-bond acceptors (Lipinski definition) is 8. The fraction of sp³-hybridized carbons (Fsp3) is 0.360. The van der Waals surface area contributed by atoms with Gasteiger partial charge in [-0.3, -0.25) is 0 Å².